The number of amides is 1. The maximum atomic E-state index is 12.6. The smallest absolute Gasteiger partial charge is 0.276 e. The van der Waals surface area contributed by atoms with Gasteiger partial charge in [0, 0.05) is 18.4 Å². The normalized spacial score (nSPS) is 10.4. The molecule has 3 rings (SSSR count). The third-order valence-corrected chi connectivity index (χ3v) is 4.18. The number of hydrogen-bond acceptors (Lipinski definition) is 3. The molecule has 3 aromatic rings. The Balaban J connectivity index is 1.77. The molecular formula is C21H21N3O. The Bertz CT molecular complexity index is 853. The maximum absolute atomic E-state index is 12.6. The Morgan fingerprint density at radius 1 is 0.920 bits per heavy atom. The number of pyridine rings is 1. The summed E-state index contributed by atoms with van der Waals surface area (Å²) >= 11 is 0. The van der Waals surface area contributed by atoms with Crippen LogP contribution in [0.2, 0.25) is 0 Å². The average Bonchev–Trinajstić information content (AvgIpc) is 2.65. The van der Waals surface area contributed by atoms with Gasteiger partial charge in [-0.05, 0) is 49.2 Å². The van der Waals surface area contributed by atoms with Crippen molar-refractivity contribution in [2.45, 2.75) is 13.8 Å². The number of rotatable bonds is 4. The van der Waals surface area contributed by atoms with Gasteiger partial charge in [0.25, 0.3) is 5.91 Å². The lowest BCUT2D eigenvalue weighted by atomic mass is 10.1. The Labute approximate surface area is 148 Å². The highest BCUT2D eigenvalue weighted by Gasteiger charge is 2.14. The van der Waals surface area contributed by atoms with Crippen LogP contribution in [0.15, 0.2) is 66.9 Å². The fourth-order valence-corrected chi connectivity index (χ4v) is 2.69. The van der Waals surface area contributed by atoms with Gasteiger partial charge in [-0.1, -0.05) is 36.4 Å². The fourth-order valence-electron chi connectivity index (χ4n) is 2.69. The van der Waals surface area contributed by atoms with Crippen LogP contribution in [0.1, 0.15) is 21.6 Å². The van der Waals surface area contributed by atoms with Crippen molar-refractivity contribution >= 4 is 23.0 Å². The van der Waals surface area contributed by atoms with Gasteiger partial charge in [0.15, 0.2) is 0 Å². The van der Waals surface area contributed by atoms with E-state index >= 15 is 0 Å². The number of para-hydroxylation sites is 2. The SMILES string of the molecule is Cc1cccc(C)c1Nc1ccc(C(=O)N(C)c2ccccc2)nc1. The van der Waals surface area contributed by atoms with E-state index in [4.69, 9.17) is 0 Å². The molecule has 4 nitrogen and oxygen atoms in total. The van der Waals surface area contributed by atoms with Gasteiger partial charge >= 0.3 is 0 Å². The van der Waals surface area contributed by atoms with Gasteiger partial charge in [-0.25, -0.2) is 4.98 Å². The molecule has 0 bridgehead atoms. The number of carbonyl (C=O) groups excluding carboxylic acids is 1. The van der Waals surface area contributed by atoms with Crippen molar-refractivity contribution in [2.24, 2.45) is 0 Å². The van der Waals surface area contributed by atoms with Crippen molar-refractivity contribution in [3.63, 3.8) is 0 Å². The molecule has 1 aromatic heterocycles. The minimum Gasteiger partial charge on any atom is -0.354 e. The summed E-state index contributed by atoms with van der Waals surface area (Å²) in [7, 11) is 1.75. The summed E-state index contributed by atoms with van der Waals surface area (Å²) in [6, 6.07) is 19.3. The van der Waals surface area contributed by atoms with Crippen LogP contribution in [0.5, 0.6) is 0 Å². The van der Waals surface area contributed by atoms with Crippen molar-refractivity contribution in [3.8, 4) is 0 Å². The molecule has 0 unspecified atom stereocenters. The van der Waals surface area contributed by atoms with Crippen LogP contribution in [0.25, 0.3) is 0 Å². The summed E-state index contributed by atoms with van der Waals surface area (Å²) in [6.07, 6.45) is 1.69. The van der Waals surface area contributed by atoms with E-state index in [2.05, 4.69) is 36.3 Å². The first-order valence-electron chi connectivity index (χ1n) is 8.18. The van der Waals surface area contributed by atoms with Crippen molar-refractivity contribution in [2.75, 3.05) is 17.3 Å². The van der Waals surface area contributed by atoms with Crippen molar-refractivity contribution in [3.05, 3.63) is 83.7 Å². The van der Waals surface area contributed by atoms with Crippen LogP contribution < -0.4 is 10.2 Å². The van der Waals surface area contributed by atoms with Gasteiger partial charge in [0.2, 0.25) is 0 Å². The number of aromatic nitrogens is 1. The fraction of sp³-hybridized carbons (Fsp3) is 0.143. The lowest BCUT2D eigenvalue weighted by molar-refractivity contribution is 0.0988. The van der Waals surface area contributed by atoms with E-state index in [9.17, 15) is 4.79 Å². The molecule has 126 valence electrons. The highest BCUT2D eigenvalue weighted by Crippen LogP contribution is 2.24. The summed E-state index contributed by atoms with van der Waals surface area (Å²) in [5.74, 6) is -0.134. The number of anilines is 3. The lowest BCUT2D eigenvalue weighted by Crippen LogP contribution is -2.26. The zero-order valence-electron chi connectivity index (χ0n) is 14.7. The standard InChI is InChI=1S/C21H21N3O/c1-15-8-7-9-16(2)20(15)23-17-12-13-19(22-14-17)21(25)24(3)18-10-5-4-6-11-18/h4-14,23H,1-3H3. The Morgan fingerprint density at radius 3 is 2.20 bits per heavy atom. The maximum Gasteiger partial charge on any atom is 0.276 e. The topological polar surface area (TPSA) is 45.2 Å². The number of carbonyl (C=O) groups is 1. The van der Waals surface area contributed by atoms with E-state index in [1.807, 2.05) is 42.5 Å². The molecule has 0 saturated carbocycles. The number of benzene rings is 2. The van der Waals surface area contributed by atoms with Crippen LogP contribution in [0.4, 0.5) is 17.1 Å². The highest BCUT2D eigenvalue weighted by molar-refractivity contribution is 6.04. The molecule has 2 aromatic carbocycles. The zero-order chi connectivity index (χ0) is 17.8. The second kappa shape index (κ2) is 7.18. The van der Waals surface area contributed by atoms with E-state index in [1.54, 1.807) is 24.2 Å². The van der Waals surface area contributed by atoms with Crippen LogP contribution in [-0.2, 0) is 0 Å². The predicted octanol–water partition coefficient (Wildman–Crippen LogP) is 4.72. The van der Waals surface area contributed by atoms with Gasteiger partial charge in [0.05, 0.1) is 11.9 Å². The molecule has 0 aliphatic rings. The van der Waals surface area contributed by atoms with Gasteiger partial charge in [-0.3, -0.25) is 4.79 Å². The molecule has 0 aliphatic heterocycles. The van der Waals surface area contributed by atoms with Gasteiger partial charge in [-0.2, -0.15) is 0 Å². The van der Waals surface area contributed by atoms with Crippen molar-refractivity contribution < 1.29 is 4.79 Å². The number of nitrogens with one attached hydrogen (secondary N) is 1. The molecule has 1 amide bonds. The monoisotopic (exact) mass is 331 g/mol. The van der Waals surface area contributed by atoms with E-state index in [0.29, 0.717) is 5.69 Å². The molecular weight excluding hydrogens is 310 g/mol. The molecule has 0 saturated heterocycles. The largest absolute Gasteiger partial charge is 0.354 e. The predicted molar refractivity (Wildman–Crippen MR) is 103 cm³/mol. The minimum absolute atomic E-state index is 0.134. The first kappa shape index (κ1) is 16.7. The van der Waals surface area contributed by atoms with E-state index in [1.165, 1.54) is 11.1 Å². The van der Waals surface area contributed by atoms with Gasteiger partial charge < -0.3 is 10.2 Å². The number of aryl methyl sites for hydroxylation is 2. The quantitative estimate of drug-likeness (QED) is 0.752. The van der Waals surface area contributed by atoms with Crippen LogP contribution in [0.3, 0.4) is 0 Å². The second-order valence-electron chi connectivity index (χ2n) is 6.02. The zero-order valence-corrected chi connectivity index (χ0v) is 14.7. The molecule has 0 fully saturated rings. The molecule has 1 heterocycles. The molecule has 0 radical (unpaired) electrons. The van der Waals surface area contributed by atoms with E-state index in [-0.39, 0.29) is 5.91 Å². The van der Waals surface area contributed by atoms with Crippen LogP contribution in [-0.4, -0.2) is 17.9 Å². The Hall–Kier alpha value is -3.14. The number of nitrogens with zero attached hydrogens (tertiary/aromatic N) is 2. The van der Waals surface area contributed by atoms with E-state index < -0.39 is 0 Å². The van der Waals surface area contributed by atoms with E-state index in [0.717, 1.165) is 17.1 Å². The van der Waals surface area contributed by atoms with Gasteiger partial charge in [-0.15, -0.1) is 0 Å². The average molecular weight is 331 g/mol. The third kappa shape index (κ3) is 3.69. The van der Waals surface area contributed by atoms with Gasteiger partial charge in [0.1, 0.15) is 5.69 Å². The molecule has 1 N–H and O–H groups in total. The Kier molecular flexibility index (Phi) is 4.80. The second-order valence-corrected chi connectivity index (χ2v) is 6.02. The summed E-state index contributed by atoms with van der Waals surface area (Å²) < 4.78 is 0. The van der Waals surface area contributed by atoms with Crippen LogP contribution >= 0.6 is 0 Å². The molecule has 0 atom stereocenters. The minimum atomic E-state index is -0.134. The summed E-state index contributed by atoms with van der Waals surface area (Å²) in [5.41, 5.74) is 5.53. The summed E-state index contributed by atoms with van der Waals surface area (Å²) in [5, 5.41) is 3.38. The van der Waals surface area contributed by atoms with Crippen molar-refractivity contribution in [1.82, 2.24) is 4.98 Å². The molecule has 25 heavy (non-hydrogen) atoms. The first-order chi connectivity index (χ1) is 12.1. The third-order valence-electron chi connectivity index (χ3n) is 4.18. The Morgan fingerprint density at radius 2 is 1.60 bits per heavy atom. The summed E-state index contributed by atoms with van der Waals surface area (Å²) in [4.78, 5) is 18.5. The van der Waals surface area contributed by atoms with Crippen LogP contribution in [0, 0.1) is 13.8 Å². The number of hydrogen-bond donors (Lipinski definition) is 1. The highest BCUT2D eigenvalue weighted by atomic mass is 16.2. The molecule has 0 aliphatic carbocycles. The molecule has 4 heteroatoms. The van der Waals surface area contributed by atoms with Crippen molar-refractivity contribution in [1.29, 1.82) is 0 Å². The lowest BCUT2D eigenvalue weighted by Gasteiger charge is -2.17. The first-order valence-corrected chi connectivity index (χ1v) is 8.18. The summed E-state index contributed by atoms with van der Waals surface area (Å²) in [6.45, 7) is 4.13. The molecule has 0 spiro atoms.